The molecule has 3 rings (SSSR count). The molecule has 0 atom stereocenters. The molecule has 2 N–H and O–H groups in total. The van der Waals surface area contributed by atoms with Gasteiger partial charge in [-0.2, -0.15) is 0 Å². The van der Waals surface area contributed by atoms with Gasteiger partial charge < -0.3 is 10.6 Å². The highest BCUT2D eigenvalue weighted by atomic mass is 35.5. The lowest BCUT2D eigenvalue weighted by molar-refractivity contribution is -0.384. The van der Waals surface area contributed by atoms with E-state index >= 15 is 0 Å². The third kappa shape index (κ3) is 4.80. The van der Waals surface area contributed by atoms with Gasteiger partial charge in [-0.3, -0.25) is 14.9 Å². The van der Waals surface area contributed by atoms with Crippen LogP contribution in [0.25, 0.3) is 0 Å². The molecule has 27 heavy (non-hydrogen) atoms. The molecule has 8 heteroatoms. The van der Waals surface area contributed by atoms with E-state index in [4.69, 9.17) is 11.6 Å². The summed E-state index contributed by atoms with van der Waals surface area (Å²) in [5, 5.41) is 17.2. The van der Waals surface area contributed by atoms with E-state index in [1.165, 1.54) is 18.3 Å². The van der Waals surface area contributed by atoms with E-state index in [2.05, 4.69) is 15.6 Å². The topological polar surface area (TPSA) is 97.2 Å². The summed E-state index contributed by atoms with van der Waals surface area (Å²) < 4.78 is 0. The number of nitrogens with one attached hydrogen (secondary N) is 2. The molecule has 1 aromatic heterocycles. The highest BCUT2D eigenvalue weighted by Gasteiger charge is 2.13. The van der Waals surface area contributed by atoms with E-state index < -0.39 is 4.92 Å². The van der Waals surface area contributed by atoms with Crippen LogP contribution in [0.3, 0.4) is 0 Å². The number of rotatable bonds is 6. The smallest absolute Gasteiger partial charge is 0.276 e. The van der Waals surface area contributed by atoms with Crippen molar-refractivity contribution in [3.63, 3.8) is 0 Å². The normalized spacial score (nSPS) is 10.3. The summed E-state index contributed by atoms with van der Waals surface area (Å²) in [5.74, 6) is -0.357. The molecule has 0 aliphatic carbocycles. The van der Waals surface area contributed by atoms with E-state index in [0.29, 0.717) is 22.9 Å². The molecule has 0 saturated carbocycles. The number of nitro benzene ring substituents is 1. The van der Waals surface area contributed by atoms with Crippen molar-refractivity contribution in [3.05, 3.63) is 93.3 Å². The average Bonchev–Trinajstić information content (AvgIpc) is 2.68. The van der Waals surface area contributed by atoms with Crippen molar-refractivity contribution in [1.82, 2.24) is 4.98 Å². The maximum atomic E-state index is 12.5. The molecular formula is C19H15ClN4O3. The van der Waals surface area contributed by atoms with Gasteiger partial charge in [0.25, 0.3) is 11.6 Å². The Morgan fingerprint density at radius 1 is 1.07 bits per heavy atom. The van der Waals surface area contributed by atoms with Crippen molar-refractivity contribution in [2.45, 2.75) is 6.54 Å². The molecule has 1 amide bonds. The maximum absolute atomic E-state index is 12.5. The molecule has 0 aliphatic rings. The van der Waals surface area contributed by atoms with E-state index in [-0.39, 0.29) is 17.3 Å². The first-order valence-corrected chi connectivity index (χ1v) is 8.40. The van der Waals surface area contributed by atoms with Gasteiger partial charge in [0.1, 0.15) is 0 Å². The summed E-state index contributed by atoms with van der Waals surface area (Å²) in [4.78, 5) is 26.9. The van der Waals surface area contributed by atoms with Crippen LogP contribution < -0.4 is 10.6 Å². The minimum atomic E-state index is -0.447. The van der Waals surface area contributed by atoms with Crippen molar-refractivity contribution < 1.29 is 9.72 Å². The number of carbonyl (C=O) groups is 1. The van der Waals surface area contributed by atoms with Crippen molar-refractivity contribution in [2.75, 3.05) is 10.6 Å². The van der Waals surface area contributed by atoms with Gasteiger partial charge in [0, 0.05) is 35.6 Å². The lowest BCUT2D eigenvalue weighted by Gasteiger charge is -2.11. The number of halogens is 1. The molecule has 3 aromatic rings. The van der Waals surface area contributed by atoms with Crippen LogP contribution in [0, 0.1) is 10.1 Å². The average molecular weight is 383 g/mol. The largest absolute Gasteiger partial charge is 0.379 e. The highest BCUT2D eigenvalue weighted by molar-refractivity contribution is 6.30. The minimum Gasteiger partial charge on any atom is -0.379 e. The van der Waals surface area contributed by atoms with Crippen LogP contribution in [-0.2, 0) is 6.54 Å². The summed E-state index contributed by atoms with van der Waals surface area (Å²) in [7, 11) is 0. The second-order valence-corrected chi connectivity index (χ2v) is 6.07. The van der Waals surface area contributed by atoms with Crippen molar-refractivity contribution in [2.24, 2.45) is 0 Å². The fraction of sp³-hybridized carbons (Fsp3) is 0.0526. The molecule has 1 heterocycles. The van der Waals surface area contributed by atoms with Gasteiger partial charge in [0.2, 0.25) is 0 Å². The number of nitrogens with zero attached hydrogens (tertiary/aromatic N) is 2. The van der Waals surface area contributed by atoms with E-state index in [1.54, 1.807) is 48.5 Å². The zero-order valence-corrected chi connectivity index (χ0v) is 14.8. The number of aromatic nitrogens is 1. The first-order valence-electron chi connectivity index (χ1n) is 8.02. The number of hydrogen-bond acceptors (Lipinski definition) is 5. The third-order valence-corrected chi connectivity index (χ3v) is 4.01. The Kier molecular flexibility index (Phi) is 5.63. The third-order valence-electron chi connectivity index (χ3n) is 3.76. The molecule has 2 aromatic carbocycles. The quantitative estimate of drug-likeness (QED) is 0.483. The lowest BCUT2D eigenvalue weighted by Crippen LogP contribution is -2.16. The summed E-state index contributed by atoms with van der Waals surface area (Å²) in [6.07, 6.45) is 1.54. The van der Waals surface area contributed by atoms with Crippen LogP contribution in [-0.4, -0.2) is 15.8 Å². The van der Waals surface area contributed by atoms with Crippen molar-refractivity contribution in [3.8, 4) is 0 Å². The van der Waals surface area contributed by atoms with Gasteiger partial charge >= 0.3 is 0 Å². The van der Waals surface area contributed by atoms with E-state index in [0.717, 1.165) is 5.56 Å². The number of benzene rings is 2. The molecule has 0 unspecified atom stereocenters. The van der Waals surface area contributed by atoms with Crippen molar-refractivity contribution in [1.29, 1.82) is 0 Å². The van der Waals surface area contributed by atoms with Crippen molar-refractivity contribution >= 4 is 34.6 Å². The van der Waals surface area contributed by atoms with Crippen LogP contribution in [0.5, 0.6) is 0 Å². The van der Waals surface area contributed by atoms with E-state index in [9.17, 15) is 14.9 Å². The number of amides is 1. The van der Waals surface area contributed by atoms with Crippen LogP contribution >= 0.6 is 11.6 Å². The fourth-order valence-corrected chi connectivity index (χ4v) is 2.51. The number of anilines is 2. The predicted molar refractivity (Wildman–Crippen MR) is 104 cm³/mol. The van der Waals surface area contributed by atoms with Gasteiger partial charge in [-0.15, -0.1) is 0 Å². The fourth-order valence-electron chi connectivity index (χ4n) is 2.39. The second kappa shape index (κ2) is 8.29. The highest BCUT2D eigenvalue weighted by Crippen LogP contribution is 2.19. The molecule has 0 bridgehead atoms. The minimum absolute atomic E-state index is 0.0307. The zero-order valence-electron chi connectivity index (χ0n) is 14.1. The number of carbonyl (C=O) groups excluding carboxylic acids is 1. The summed E-state index contributed by atoms with van der Waals surface area (Å²) in [6.45, 7) is 0.394. The molecule has 0 aliphatic heterocycles. The summed E-state index contributed by atoms with van der Waals surface area (Å²) in [5.41, 5.74) is 2.28. The van der Waals surface area contributed by atoms with Gasteiger partial charge in [0.05, 0.1) is 10.6 Å². The number of hydrogen-bond donors (Lipinski definition) is 2. The van der Waals surface area contributed by atoms with Gasteiger partial charge in [-0.25, -0.2) is 4.98 Å². The van der Waals surface area contributed by atoms with Crippen LogP contribution in [0.1, 0.15) is 16.1 Å². The Balaban J connectivity index is 1.70. The SMILES string of the molecule is O=C(Nc1ccc(Cl)cc1)c1ncccc1NCc1ccc([N+](=O)[O-])cc1. The molecule has 0 radical (unpaired) electrons. The van der Waals surface area contributed by atoms with Gasteiger partial charge in [-0.05, 0) is 42.0 Å². The predicted octanol–water partition coefficient (Wildman–Crippen LogP) is 4.51. The zero-order chi connectivity index (χ0) is 19.2. The summed E-state index contributed by atoms with van der Waals surface area (Å²) in [6, 6.07) is 16.4. The Bertz CT molecular complexity index is 959. The molecule has 7 nitrogen and oxygen atoms in total. The first kappa shape index (κ1) is 18.3. The Morgan fingerprint density at radius 3 is 2.44 bits per heavy atom. The van der Waals surface area contributed by atoms with E-state index in [1.807, 2.05) is 0 Å². The Morgan fingerprint density at radius 2 is 1.78 bits per heavy atom. The number of pyridine rings is 1. The monoisotopic (exact) mass is 382 g/mol. The standard InChI is InChI=1S/C19H15ClN4O3/c20-14-5-7-15(8-6-14)23-19(25)18-17(2-1-11-21-18)22-12-13-3-9-16(10-4-13)24(26)27/h1-11,22H,12H2,(H,23,25). The second-order valence-electron chi connectivity index (χ2n) is 5.64. The number of nitro groups is 1. The Labute approximate surface area is 160 Å². The summed E-state index contributed by atoms with van der Waals surface area (Å²) >= 11 is 5.84. The van der Waals surface area contributed by atoms with Gasteiger partial charge in [-0.1, -0.05) is 23.7 Å². The number of non-ortho nitro benzene ring substituents is 1. The molecule has 0 fully saturated rings. The van der Waals surface area contributed by atoms with Crippen LogP contribution in [0.15, 0.2) is 66.9 Å². The first-order chi connectivity index (χ1) is 13.0. The van der Waals surface area contributed by atoms with Crippen LogP contribution in [0.4, 0.5) is 17.1 Å². The molecule has 136 valence electrons. The molecular weight excluding hydrogens is 368 g/mol. The van der Waals surface area contributed by atoms with Crippen LogP contribution in [0.2, 0.25) is 5.02 Å². The maximum Gasteiger partial charge on any atom is 0.276 e. The molecule has 0 spiro atoms. The Hall–Kier alpha value is -3.45. The lowest BCUT2D eigenvalue weighted by atomic mass is 10.2. The molecule has 0 saturated heterocycles. The van der Waals surface area contributed by atoms with Gasteiger partial charge in [0.15, 0.2) is 5.69 Å².